The smallest absolute Gasteiger partial charge is 0.412 e. The molecule has 206 valence electrons. The zero-order valence-corrected chi connectivity index (χ0v) is 23.5. The lowest BCUT2D eigenvalue weighted by molar-refractivity contribution is 0.0635. The third-order valence-corrected chi connectivity index (χ3v) is 7.58. The van der Waals surface area contributed by atoms with Gasteiger partial charge in [0.1, 0.15) is 17.0 Å². The van der Waals surface area contributed by atoms with Crippen molar-refractivity contribution in [3.8, 4) is 28.1 Å². The van der Waals surface area contributed by atoms with Crippen LogP contribution in [0.5, 0.6) is 5.75 Å². The van der Waals surface area contributed by atoms with E-state index < -0.39 is 11.7 Å². The number of nitrogens with one attached hydrogen (secondary N) is 1. The van der Waals surface area contributed by atoms with Gasteiger partial charge in [0.2, 0.25) is 0 Å². The predicted molar refractivity (Wildman–Crippen MR) is 154 cm³/mol. The molecule has 1 N–H and O–H groups in total. The number of fused-ring (bicyclic) bond motifs is 3. The topological polar surface area (TPSA) is 93.9 Å². The Morgan fingerprint density at radius 2 is 1.90 bits per heavy atom. The Balaban J connectivity index is 1.46. The van der Waals surface area contributed by atoms with Crippen LogP contribution in [0, 0.1) is 0 Å². The van der Waals surface area contributed by atoms with Crippen LogP contribution in [0.3, 0.4) is 0 Å². The van der Waals surface area contributed by atoms with Crippen molar-refractivity contribution < 1.29 is 14.3 Å². The largest absolute Gasteiger partial charge is 0.495 e. The first-order valence-corrected chi connectivity index (χ1v) is 13.7. The standard InChI is InChI=1S/C31H34N6O3/c1-6-36-18-21-15-22(36)17-23(21)25-11-14-33-29-27(28(35-37(25)29)19-9-12-32-13-10-19)20-7-8-24(26(16-20)39-5)34-30(38)40-31(2,3)4/h7-14,16,18,22-23H,6,15,17H2,1-5H3,(H,34,38). The number of hydrogen-bond donors (Lipinski definition) is 1. The molecule has 0 saturated heterocycles. The maximum Gasteiger partial charge on any atom is 0.412 e. The maximum absolute atomic E-state index is 12.5. The van der Waals surface area contributed by atoms with Gasteiger partial charge in [-0.25, -0.2) is 14.3 Å². The molecule has 4 heterocycles. The number of amides is 1. The second-order valence-electron chi connectivity index (χ2n) is 11.3. The van der Waals surface area contributed by atoms with Gasteiger partial charge in [-0.2, -0.15) is 5.10 Å². The third-order valence-electron chi connectivity index (χ3n) is 7.58. The summed E-state index contributed by atoms with van der Waals surface area (Å²) in [5.41, 5.74) is 6.81. The minimum Gasteiger partial charge on any atom is -0.495 e. The van der Waals surface area contributed by atoms with Crippen molar-refractivity contribution in [1.82, 2.24) is 24.5 Å². The third kappa shape index (κ3) is 4.65. The van der Waals surface area contributed by atoms with Crippen molar-refractivity contribution in [3.63, 3.8) is 0 Å². The summed E-state index contributed by atoms with van der Waals surface area (Å²) in [6.45, 7) is 8.72. The molecule has 9 nitrogen and oxygen atoms in total. The lowest BCUT2D eigenvalue weighted by Gasteiger charge is -2.27. The highest BCUT2D eigenvalue weighted by Crippen LogP contribution is 2.47. The van der Waals surface area contributed by atoms with Crippen LogP contribution >= 0.6 is 0 Å². The van der Waals surface area contributed by atoms with Crippen molar-refractivity contribution >= 4 is 17.4 Å². The summed E-state index contributed by atoms with van der Waals surface area (Å²) in [6.07, 6.45) is 9.40. The van der Waals surface area contributed by atoms with Gasteiger partial charge in [-0.15, -0.1) is 0 Å². The zero-order chi connectivity index (χ0) is 28.0. The highest BCUT2D eigenvalue weighted by Gasteiger charge is 2.39. The molecule has 1 amide bonds. The molecule has 1 saturated carbocycles. The Morgan fingerprint density at radius 3 is 2.58 bits per heavy atom. The van der Waals surface area contributed by atoms with Gasteiger partial charge in [0.15, 0.2) is 5.65 Å². The Bertz CT molecular complexity index is 1600. The van der Waals surface area contributed by atoms with Crippen molar-refractivity contribution in [2.45, 2.75) is 58.1 Å². The number of carbonyl (C=O) groups excluding carboxylic acids is 1. The van der Waals surface area contributed by atoms with E-state index in [2.05, 4.69) is 34.4 Å². The molecule has 2 unspecified atom stereocenters. The zero-order valence-electron chi connectivity index (χ0n) is 23.5. The van der Waals surface area contributed by atoms with Gasteiger partial charge in [-0.1, -0.05) is 6.07 Å². The molecule has 4 aromatic rings. The van der Waals surface area contributed by atoms with Crippen LogP contribution in [-0.2, 0) is 4.74 Å². The SMILES string of the molecule is CCN1C=C2CC1CC2c1ccnc2c(-c3ccc(NC(=O)OC(C)(C)C)c(OC)c3)c(-c3ccncc3)nn12. The van der Waals surface area contributed by atoms with E-state index in [4.69, 9.17) is 19.6 Å². The van der Waals surface area contributed by atoms with Crippen molar-refractivity contribution in [1.29, 1.82) is 0 Å². The molecule has 40 heavy (non-hydrogen) atoms. The second kappa shape index (κ2) is 9.97. The van der Waals surface area contributed by atoms with E-state index in [-0.39, 0.29) is 0 Å². The van der Waals surface area contributed by atoms with Gasteiger partial charge in [0, 0.05) is 42.7 Å². The molecule has 1 aliphatic carbocycles. The van der Waals surface area contributed by atoms with Crippen molar-refractivity contribution in [2.75, 3.05) is 19.0 Å². The summed E-state index contributed by atoms with van der Waals surface area (Å²) in [5, 5.41) is 7.95. The number of aromatic nitrogens is 4. The van der Waals surface area contributed by atoms with Gasteiger partial charge in [0.25, 0.3) is 0 Å². The molecule has 0 spiro atoms. The highest BCUT2D eigenvalue weighted by atomic mass is 16.6. The number of anilines is 1. The number of methoxy groups -OCH3 is 1. The molecule has 6 rings (SSSR count). The number of pyridine rings is 1. The Hall–Kier alpha value is -4.40. The first kappa shape index (κ1) is 25.9. The Kier molecular flexibility index (Phi) is 6.44. The minimum atomic E-state index is -0.610. The lowest BCUT2D eigenvalue weighted by atomic mass is 9.97. The average Bonchev–Trinajstić information content (AvgIpc) is 3.65. The van der Waals surface area contributed by atoms with E-state index in [1.165, 1.54) is 5.57 Å². The summed E-state index contributed by atoms with van der Waals surface area (Å²) in [6, 6.07) is 12.2. The number of carbonyl (C=O) groups is 1. The fourth-order valence-corrected chi connectivity index (χ4v) is 5.86. The van der Waals surface area contributed by atoms with E-state index in [0.29, 0.717) is 23.4 Å². The normalized spacial score (nSPS) is 18.2. The van der Waals surface area contributed by atoms with Crippen LogP contribution in [-0.4, -0.2) is 55.9 Å². The molecule has 1 aliphatic heterocycles. The fraction of sp³-hybridized carbons (Fsp3) is 0.355. The van der Waals surface area contributed by atoms with Gasteiger partial charge in [0.05, 0.1) is 24.1 Å². The van der Waals surface area contributed by atoms with Crippen LogP contribution < -0.4 is 10.1 Å². The van der Waals surface area contributed by atoms with E-state index in [0.717, 1.165) is 53.1 Å². The second-order valence-corrected chi connectivity index (χ2v) is 11.3. The first-order chi connectivity index (χ1) is 19.3. The molecule has 0 radical (unpaired) electrons. The van der Waals surface area contributed by atoms with Crippen LogP contribution in [0.4, 0.5) is 10.5 Å². The molecular weight excluding hydrogens is 504 g/mol. The van der Waals surface area contributed by atoms with E-state index in [9.17, 15) is 4.79 Å². The summed E-state index contributed by atoms with van der Waals surface area (Å²) in [7, 11) is 1.58. The monoisotopic (exact) mass is 538 g/mol. The van der Waals surface area contributed by atoms with Crippen LogP contribution in [0.15, 0.2) is 66.8 Å². The molecule has 1 aromatic carbocycles. The molecule has 2 bridgehead atoms. The number of benzene rings is 1. The van der Waals surface area contributed by atoms with E-state index in [1.807, 2.05) is 61.8 Å². The first-order valence-electron chi connectivity index (χ1n) is 13.7. The number of hydrogen-bond acceptors (Lipinski definition) is 7. The number of ether oxygens (including phenoxy) is 2. The Morgan fingerprint density at radius 1 is 1.10 bits per heavy atom. The van der Waals surface area contributed by atoms with E-state index in [1.54, 1.807) is 19.5 Å². The number of rotatable bonds is 6. The van der Waals surface area contributed by atoms with Crippen LogP contribution in [0.25, 0.3) is 28.0 Å². The van der Waals surface area contributed by atoms with Crippen molar-refractivity contribution in [2.24, 2.45) is 0 Å². The average molecular weight is 539 g/mol. The summed E-state index contributed by atoms with van der Waals surface area (Å²) >= 11 is 0. The molecule has 1 fully saturated rings. The van der Waals surface area contributed by atoms with Gasteiger partial charge in [-0.05, 0) is 88.2 Å². The fourth-order valence-electron chi connectivity index (χ4n) is 5.86. The molecule has 9 heteroatoms. The lowest BCUT2D eigenvalue weighted by Crippen LogP contribution is -2.27. The molecule has 2 aliphatic rings. The minimum absolute atomic E-state index is 0.311. The van der Waals surface area contributed by atoms with Crippen molar-refractivity contribution in [3.05, 3.63) is 72.5 Å². The van der Waals surface area contributed by atoms with E-state index >= 15 is 0 Å². The summed E-state index contributed by atoms with van der Waals surface area (Å²) < 4.78 is 13.1. The highest BCUT2D eigenvalue weighted by molar-refractivity contribution is 5.93. The Labute approximate surface area is 233 Å². The van der Waals surface area contributed by atoms with Gasteiger partial charge in [-0.3, -0.25) is 10.3 Å². The van der Waals surface area contributed by atoms with Crippen LogP contribution in [0.2, 0.25) is 0 Å². The van der Waals surface area contributed by atoms with Gasteiger partial charge >= 0.3 is 6.09 Å². The molecular formula is C31H34N6O3. The summed E-state index contributed by atoms with van der Waals surface area (Å²) in [5.74, 6) is 0.823. The predicted octanol–water partition coefficient (Wildman–Crippen LogP) is 6.28. The van der Waals surface area contributed by atoms with Crippen LogP contribution in [0.1, 0.15) is 52.1 Å². The maximum atomic E-state index is 12.5. The number of nitrogens with zero attached hydrogens (tertiary/aromatic N) is 5. The van der Waals surface area contributed by atoms with Gasteiger partial charge < -0.3 is 14.4 Å². The summed E-state index contributed by atoms with van der Waals surface area (Å²) in [4.78, 5) is 23.9. The molecule has 3 aromatic heterocycles. The quantitative estimate of drug-likeness (QED) is 0.309. The molecule has 2 atom stereocenters.